The molecule has 0 amide bonds. The maximum absolute atomic E-state index is 12.9. The van der Waals surface area contributed by atoms with Gasteiger partial charge in [0, 0.05) is 18.0 Å². The van der Waals surface area contributed by atoms with Crippen molar-refractivity contribution in [3.8, 4) is 5.69 Å². The van der Waals surface area contributed by atoms with Gasteiger partial charge in [-0.2, -0.15) is 0 Å². The molecular weight excluding hydrogens is 326 g/mol. The number of imidazole rings is 1. The van der Waals surface area contributed by atoms with Crippen LogP contribution in [0.25, 0.3) is 5.69 Å². The van der Waals surface area contributed by atoms with Gasteiger partial charge in [-0.05, 0) is 44.9 Å². The Morgan fingerprint density at radius 1 is 1.17 bits per heavy atom. The monoisotopic (exact) mass is 345 g/mol. The number of nitrogens with zero attached hydrogens (tertiary/aromatic N) is 3. The topological polar surface area (TPSA) is 78.0 Å². The zero-order chi connectivity index (χ0) is 17.5. The molecule has 6 nitrogen and oxygen atoms in total. The summed E-state index contributed by atoms with van der Waals surface area (Å²) in [5.41, 5.74) is 4.09. The molecule has 0 bridgehead atoms. The summed E-state index contributed by atoms with van der Waals surface area (Å²) < 4.78 is 32.5. The molecule has 0 aliphatic carbocycles. The first-order valence-electron chi connectivity index (χ1n) is 7.55. The second kappa shape index (κ2) is 5.90. The Morgan fingerprint density at radius 3 is 2.58 bits per heavy atom. The number of benzene rings is 1. The van der Waals surface area contributed by atoms with Crippen LogP contribution in [-0.2, 0) is 15.6 Å². The van der Waals surface area contributed by atoms with Gasteiger partial charge >= 0.3 is 0 Å². The average Bonchev–Trinajstić information content (AvgIpc) is 3.13. The maximum Gasteiger partial charge on any atom is 0.232 e. The van der Waals surface area contributed by atoms with Gasteiger partial charge in [0.2, 0.25) is 15.0 Å². The molecule has 0 fully saturated rings. The Bertz CT molecular complexity index is 981. The predicted molar refractivity (Wildman–Crippen MR) is 89.9 cm³/mol. The fraction of sp³-hybridized carbons (Fsp3) is 0.294. The number of aromatic nitrogens is 3. The zero-order valence-corrected chi connectivity index (χ0v) is 14.9. The van der Waals surface area contributed by atoms with E-state index in [1.165, 1.54) is 6.20 Å². The minimum atomic E-state index is -3.64. The first-order valence-corrected chi connectivity index (χ1v) is 9.21. The molecule has 3 aromatic rings. The fourth-order valence-electron chi connectivity index (χ4n) is 2.66. The van der Waals surface area contributed by atoms with Crippen molar-refractivity contribution in [1.29, 1.82) is 0 Å². The minimum absolute atomic E-state index is 0.0243. The van der Waals surface area contributed by atoms with Crippen LogP contribution in [0, 0.1) is 27.7 Å². The predicted octanol–water partition coefficient (Wildman–Crippen LogP) is 3.07. The van der Waals surface area contributed by atoms with Crippen LogP contribution < -0.4 is 0 Å². The number of rotatable bonds is 4. The van der Waals surface area contributed by atoms with Crippen LogP contribution in [-0.4, -0.2) is 23.1 Å². The highest BCUT2D eigenvalue weighted by molar-refractivity contribution is 7.90. The van der Waals surface area contributed by atoms with Crippen LogP contribution in [0.4, 0.5) is 0 Å². The molecule has 0 N–H and O–H groups in total. The van der Waals surface area contributed by atoms with Gasteiger partial charge in [-0.3, -0.25) is 4.57 Å². The van der Waals surface area contributed by atoms with E-state index in [9.17, 15) is 8.42 Å². The van der Waals surface area contributed by atoms with E-state index in [0.29, 0.717) is 17.0 Å². The van der Waals surface area contributed by atoms with Crippen LogP contribution in [0.5, 0.6) is 0 Å². The molecule has 1 aromatic carbocycles. The van der Waals surface area contributed by atoms with Crippen molar-refractivity contribution in [2.24, 2.45) is 0 Å². The smallest absolute Gasteiger partial charge is 0.232 e. The highest BCUT2D eigenvalue weighted by Crippen LogP contribution is 2.24. The summed E-state index contributed by atoms with van der Waals surface area (Å²) in [5.74, 6) is 0.330. The standard InChI is InChI=1S/C17H19N3O3S/c1-11-6-5-7-16(12(11)2)20-9-8-18-17(20)24(21,22)10-15-13(3)19-23-14(15)4/h5-9H,10H2,1-4H3. The van der Waals surface area contributed by atoms with Crippen LogP contribution in [0.1, 0.15) is 28.1 Å². The third kappa shape index (κ3) is 2.75. The van der Waals surface area contributed by atoms with E-state index in [2.05, 4.69) is 10.1 Å². The van der Waals surface area contributed by atoms with E-state index in [4.69, 9.17) is 4.52 Å². The maximum atomic E-state index is 12.9. The molecule has 0 atom stereocenters. The molecule has 0 aliphatic heterocycles. The molecule has 0 saturated heterocycles. The van der Waals surface area contributed by atoms with Gasteiger partial charge < -0.3 is 4.52 Å². The van der Waals surface area contributed by atoms with Gasteiger partial charge in [0.05, 0.1) is 17.1 Å². The number of sulfone groups is 1. The first kappa shape index (κ1) is 16.4. The second-order valence-electron chi connectivity index (χ2n) is 5.86. The van der Waals surface area contributed by atoms with E-state index in [1.54, 1.807) is 24.6 Å². The van der Waals surface area contributed by atoms with Crippen LogP contribution in [0.3, 0.4) is 0 Å². The third-order valence-corrected chi connectivity index (χ3v) is 5.76. The molecule has 0 radical (unpaired) electrons. The van der Waals surface area contributed by atoms with Crippen molar-refractivity contribution < 1.29 is 12.9 Å². The second-order valence-corrected chi connectivity index (χ2v) is 7.74. The number of hydrogen-bond donors (Lipinski definition) is 0. The molecule has 0 saturated carbocycles. The summed E-state index contributed by atoms with van der Waals surface area (Å²) in [6.45, 7) is 7.41. The molecule has 24 heavy (non-hydrogen) atoms. The summed E-state index contributed by atoms with van der Waals surface area (Å²) in [4.78, 5) is 4.10. The normalized spacial score (nSPS) is 11.8. The first-order chi connectivity index (χ1) is 11.3. The lowest BCUT2D eigenvalue weighted by Gasteiger charge is -2.12. The van der Waals surface area contributed by atoms with Crippen LogP contribution in [0.2, 0.25) is 0 Å². The molecule has 3 rings (SSSR count). The fourth-order valence-corrected chi connectivity index (χ4v) is 4.26. The molecule has 2 heterocycles. The van der Waals surface area contributed by atoms with Gasteiger partial charge in [0.1, 0.15) is 5.76 Å². The largest absolute Gasteiger partial charge is 0.361 e. The Labute approximate surface area is 141 Å². The molecule has 0 spiro atoms. The highest BCUT2D eigenvalue weighted by atomic mass is 32.2. The van der Waals surface area contributed by atoms with Gasteiger partial charge in [-0.1, -0.05) is 17.3 Å². The van der Waals surface area contributed by atoms with Crippen molar-refractivity contribution in [1.82, 2.24) is 14.7 Å². The van der Waals surface area contributed by atoms with E-state index in [0.717, 1.165) is 16.8 Å². The highest BCUT2D eigenvalue weighted by Gasteiger charge is 2.26. The lowest BCUT2D eigenvalue weighted by molar-refractivity contribution is 0.392. The molecule has 7 heteroatoms. The molecule has 0 unspecified atom stereocenters. The number of hydrogen-bond acceptors (Lipinski definition) is 5. The summed E-state index contributed by atoms with van der Waals surface area (Å²) in [5, 5.41) is 3.85. The van der Waals surface area contributed by atoms with Crippen molar-refractivity contribution in [2.45, 2.75) is 38.6 Å². The van der Waals surface area contributed by atoms with E-state index in [1.807, 2.05) is 32.0 Å². The molecule has 126 valence electrons. The van der Waals surface area contributed by atoms with Crippen molar-refractivity contribution >= 4 is 9.84 Å². The molecule has 0 aliphatic rings. The van der Waals surface area contributed by atoms with Gasteiger partial charge in [0.15, 0.2) is 0 Å². The van der Waals surface area contributed by atoms with Gasteiger partial charge in [0.25, 0.3) is 0 Å². The minimum Gasteiger partial charge on any atom is -0.361 e. The van der Waals surface area contributed by atoms with Crippen LogP contribution in [0.15, 0.2) is 40.3 Å². The van der Waals surface area contributed by atoms with E-state index >= 15 is 0 Å². The van der Waals surface area contributed by atoms with E-state index < -0.39 is 9.84 Å². The third-order valence-electron chi connectivity index (χ3n) is 4.24. The van der Waals surface area contributed by atoms with Gasteiger partial charge in [-0.25, -0.2) is 13.4 Å². The van der Waals surface area contributed by atoms with Crippen molar-refractivity contribution in [2.75, 3.05) is 0 Å². The zero-order valence-electron chi connectivity index (χ0n) is 14.1. The Balaban J connectivity index is 2.08. The van der Waals surface area contributed by atoms with Crippen molar-refractivity contribution in [3.05, 3.63) is 58.7 Å². The average molecular weight is 345 g/mol. The number of aryl methyl sites for hydroxylation is 3. The van der Waals surface area contributed by atoms with Crippen molar-refractivity contribution in [3.63, 3.8) is 0 Å². The Kier molecular flexibility index (Phi) is 4.04. The summed E-state index contributed by atoms with van der Waals surface area (Å²) in [6, 6.07) is 5.79. The van der Waals surface area contributed by atoms with Crippen LogP contribution >= 0.6 is 0 Å². The van der Waals surface area contributed by atoms with Gasteiger partial charge in [-0.15, -0.1) is 0 Å². The SMILES string of the molecule is Cc1cccc(-n2ccnc2S(=O)(=O)Cc2c(C)noc2C)c1C. The summed E-state index contributed by atoms with van der Waals surface area (Å²) in [6.07, 6.45) is 3.17. The summed E-state index contributed by atoms with van der Waals surface area (Å²) in [7, 11) is -3.64. The Morgan fingerprint density at radius 2 is 1.92 bits per heavy atom. The lowest BCUT2D eigenvalue weighted by atomic mass is 10.1. The summed E-state index contributed by atoms with van der Waals surface area (Å²) >= 11 is 0. The quantitative estimate of drug-likeness (QED) is 0.726. The Hall–Kier alpha value is -2.41. The molecule has 2 aromatic heterocycles. The molecular formula is C17H19N3O3S. The lowest BCUT2D eigenvalue weighted by Crippen LogP contribution is -2.13. The van der Waals surface area contributed by atoms with E-state index in [-0.39, 0.29) is 10.9 Å².